The van der Waals surface area contributed by atoms with Gasteiger partial charge in [-0.05, 0) is 24.3 Å². The van der Waals surface area contributed by atoms with Gasteiger partial charge in [-0.15, -0.1) is 0 Å². The number of hydrogen-bond acceptors (Lipinski definition) is 4. The lowest BCUT2D eigenvalue weighted by Crippen LogP contribution is -2.05. The van der Waals surface area contributed by atoms with Crippen LogP contribution in [0.2, 0.25) is 0 Å². The van der Waals surface area contributed by atoms with E-state index in [9.17, 15) is 4.79 Å². The second-order valence-electron chi connectivity index (χ2n) is 2.36. The normalized spacial score (nSPS) is 8.85. The number of esters is 1. The molecule has 4 nitrogen and oxygen atoms in total. The average Bonchev–Trinajstić information content (AvgIpc) is 2.15. The highest BCUT2D eigenvalue weighted by Gasteiger charge is 2.04. The smallest absolute Gasteiger partial charge is 0.339 e. The van der Waals surface area contributed by atoms with Gasteiger partial charge < -0.3 is 10.5 Å². The zero-order valence-electron chi connectivity index (χ0n) is 6.86. The third-order valence-corrected chi connectivity index (χ3v) is 1.41. The number of carbonyl (C=O) groups is 1. The number of ether oxygens (including phenoxy) is 1. The van der Waals surface area contributed by atoms with Crippen molar-refractivity contribution in [3.05, 3.63) is 29.8 Å². The summed E-state index contributed by atoms with van der Waals surface area (Å²) < 4.78 is 4.58. The van der Waals surface area contributed by atoms with Crippen LogP contribution in [0.3, 0.4) is 0 Å². The van der Waals surface area contributed by atoms with Gasteiger partial charge in [0.15, 0.2) is 6.61 Å². The van der Waals surface area contributed by atoms with Crippen LogP contribution >= 0.6 is 0 Å². The van der Waals surface area contributed by atoms with Gasteiger partial charge in [0.25, 0.3) is 0 Å². The molecule has 0 saturated carbocycles. The van der Waals surface area contributed by atoms with Crippen LogP contribution in [0.1, 0.15) is 10.4 Å². The van der Waals surface area contributed by atoms with E-state index in [2.05, 4.69) is 4.74 Å². The van der Waals surface area contributed by atoms with Gasteiger partial charge in [-0.2, -0.15) is 5.26 Å². The molecule has 0 aromatic heterocycles. The van der Waals surface area contributed by atoms with E-state index < -0.39 is 5.97 Å². The van der Waals surface area contributed by atoms with Crippen LogP contribution in [0, 0.1) is 11.3 Å². The van der Waals surface area contributed by atoms with Crippen LogP contribution in [-0.4, -0.2) is 12.6 Å². The fraction of sp³-hybridized carbons (Fsp3) is 0.111. The Morgan fingerprint density at radius 2 is 2.08 bits per heavy atom. The van der Waals surface area contributed by atoms with Gasteiger partial charge in [0.1, 0.15) is 6.07 Å². The van der Waals surface area contributed by atoms with Crippen LogP contribution in [0.15, 0.2) is 24.3 Å². The molecule has 0 saturated heterocycles. The minimum atomic E-state index is -0.512. The summed E-state index contributed by atoms with van der Waals surface area (Å²) in [5.74, 6) is -0.512. The van der Waals surface area contributed by atoms with Gasteiger partial charge in [0.05, 0.1) is 5.56 Å². The Morgan fingerprint density at radius 3 is 2.62 bits per heavy atom. The summed E-state index contributed by atoms with van der Waals surface area (Å²) in [6.07, 6.45) is 0. The standard InChI is InChI=1S/C9H8N2O2/c10-5-6-13-9(12)7-1-3-8(11)4-2-7/h1-4H,6,11H2. The molecule has 0 radical (unpaired) electrons. The maximum atomic E-state index is 11.1. The number of nitrogens with two attached hydrogens (primary N) is 1. The maximum Gasteiger partial charge on any atom is 0.339 e. The van der Waals surface area contributed by atoms with Crippen LogP contribution in [0.25, 0.3) is 0 Å². The Hall–Kier alpha value is -2.02. The summed E-state index contributed by atoms with van der Waals surface area (Å²) in [5, 5.41) is 8.16. The zero-order chi connectivity index (χ0) is 9.68. The molecule has 0 aliphatic carbocycles. The first kappa shape index (κ1) is 9.07. The summed E-state index contributed by atoms with van der Waals surface area (Å²) >= 11 is 0. The van der Waals surface area contributed by atoms with Crippen LogP contribution in [0.5, 0.6) is 0 Å². The highest BCUT2D eigenvalue weighted by Crippen LogP contribution is 2.06. The molecule has 1 aromatic rings. The van der Waals surface area contributed by atoms with Gasteiger partial charge in [0.2, 0.25) is 0 Å². The van der Waals surface area contributed by atoms with E-state index in [1.54, 1.807) is 30.3 Å². The number of carbonyl (C=O) groups excluding carboxylic acids is 1. The molecule has 0 aliphatic rings. The number of anilines is 1. The SMILES string of the molecule is N#CCOC(=O)c1ccc(N)cc1. The predicted octanol–water partition coefficient (Wildman–Crippen LogP) is 0.949. The number of rotatable bonds is 2. The minimum absolute atomic E-state index is 0.233. The lowest BCUT2D eigenvalue weighted by Gasteiger charge is -1.99. The van der Waals surface area contributed by atoms with Gasteiger partial charge in [-0.3, -0.25) is 0 Å². The molecule has 0 spiro atoms. The van der Waals surface area contributed by atoms with Crippen molar-refractivity contribution < 1.29 is 9.53 Å². The molecule has 0 atom stereocenters. The Kier molecular flexibility index (Phi) is 2.87. The molecule has 0 amide bonds. The third kappa shape index (κ3) is 2.49. The second kappa shape index (κ2) is 4.12. The van der Waals surface area contributed by atoms with Crippen molar-refractivity contribution in [2.45, 2.75) is 0 Å². The van der Waals surface area contributed by atoms with Gasteiger partial charge in [-0.1, -0.05) is 0 Å². The highest BCUT2D eigenvalue weighted by atomic mass is 16.5. The van der Waals surface area contributed by atoms with Crippen LogP contribution in [0.4, 0.5) is 5.69 Å². The lowest BCUT2D eigenvalue weighted by atomic mass is 10.2. The number of nitrogen functional groups attached to an aromatic ring is 1. The van der Waals surface area contributed by atoms with E-state index in [0.29, 0.717) is 11.3 Å². The van der Waals surface area contributed by atoms with Crippen molar-refractivity contribution in [1.82, 2.24) is 0 Å². The molecule has 13 heavy (non-hydrogen) atoms. The largest absolute Gasteiger partial charge is 0.447 e. The Morgan fingerprint density at radius 1 is 1.46 bits per heavy atom. The topological polar surface area (TPSA) is 76.1 Å². The molecule has 2 N–H and O–H groups in total. The molecule has 1 rings (SSSR count). The monoisotopic (exact) mass is 176 g/mol. The predicted molar refractivity (Wildman–Crippen MR) is 46.7 cm³/mol. The molecule has 1 aromatic carbocycles. The van der Waals surface area contributed by atoms with Crippen molar-refractivity contribution in [3.63, 3.8) is 0 Å². The highest BCUT2D eigenvalue weighted by molar-refractivity contribution is 5.89. The number of nitriles is 1. The van der Waals surface area contributed by atoms with Crippen molar-refractivity contribution in [2.24, 2.45) is 0 Å². The molecule has 0 fully saturated rings. The zero-order valence-corrected chi connectivity index (χ0v) is 6.86. The Balaban J connectivity index is 2.68. The fourth-order valence-corrected chi connectivity index (χ4v) is 0.800. The molecular weight excluding hydrogens is 168 g/mol. The Labute approximate surface area is 75.5 Å². The summed E-state index contributed by atoms with van der Waals surface area (Å²) in [6.45, 7) is -0.233. The van der Waals surface area contributed by atoms with Crippen LogP contribution in [-0.2, 0) is 4.74 Å². The minimum Gasteiger partial charge on any atom is -0.447 e. The van der Waals surface area contributed by atoms with E-state index in [-0.39, 0.29) is 6.61 Å². The van der Waals surface area contributed by atoms with Gasteiger partial charge >= 0.3 is 5.97 Å². The first-order valence-corrected chi connectivity index (χ1v) is 3.63. The average molecular weight is 176 g/mol. The quantitative estimate of drug-likeness (QED) is 0.537. The Bertz CT molecular complexity index is 338. The van der Waals surface area contributed by atoms with Crippen molar-refractivity contribution >= 4 is 11.7 Å². The van der Waals surface area contributed by atoms with Crippen LogP contribution < -0.4 is 5.73 Å². The summed E-state index contributed by atoms with van der Waals surface area (Å²) in [4.78, 5) is 11.1. The second-order valence-corrected chi connectivity index (χ2v) is 2.36. The number of hydrogen-bond donors (Lipinski definition) is 1. The van der Waals surface area contributed by atoms with Crippen molar-refractivity contribution in [3.8, 4) is 6.07 Å². The van der Waals surface area contributed by atoms with Crippen molar-refractivity contribution in [1.29, 1.82) is 5.26 Å². The summed E-state index contributed by atoms with van der Waals surface area (Å²) in [6, 6.07) is 8.01. The molecule has 0 unspecified atom stereocenters. The van der Waals surface area contributed by atoms with Gasteiger partial charge in [-0.25, -0.2) is 4.79 Å². The molecule has 4 heteroatoms. The number of nitrogens with zero attached hydrogens (tertiary/aromatic N) is 1. The molecular formula is C9H8N2O2. The van der Waals surface area contributed by atoms with E-state index >= 15 is 0 Å². The first-order chi connectivity index (χ1) is 6.24. The third-order valence-electron chi connectivity index (χ3n) is 1.41. The molecule has 0 aliphatic heterocycles. The summed E-state index contributed by atoms with van der Waals surface area (Å²) in [5.41, 5.74) is 6.40. The van der Waals surface area contributed by atoms with E-state index in [4.69, 9.17) is 11.0 Å². The van der Waals surface area contributed by atoms with E-state index in [0.717, 1.165) is 0 Å². The number of benzene rings is 1. The first-order valence-electron chi connectivity index (χ1n) is 3.63. The van der Waals surface area contributed by atoms with Gasteiger partial charge in [0, 0.05) is 5.69 Å². The molecule has 66 valence electrons. The van der Waals surface area contributed by atoms with E-state index in [1.807, 2.05) is 0 Å². The van der Waals surface area contributed by atoms with E-state index in [1.165, 1.54) is 0 Å². The summed E-state index contributed by atoms with van der Waals surface area (Å²) in [7, 11) is 0. The maximum absolute atomic E-state index is 11.1. The molecule has 0 heterocycles. The fourth-order valence-electron chi connectivity index (χ4n) is 0.800. The molecule has 0 bridgehead atoms. The lowest BCUT2D eigenvalue weighted by molar-refractivity contribution is 0.0555. The van der Waals surface area contributed by atoms with Crippen molar-refractivity contribution in [2.75, 3.05) is 12.3 Å².